The fourth-order valence-corrected chi connectivity index (χ4v) is 8.37. The quantitative estimate of drug-likeness (QED) is 0.109. The first kappa shape index (κ1) is 37.9. The van der Waals surface area contributed by atoms with Crippen LogP contribution in [0.3, 0.4) is 0 Å². The lowest BCUT2D eigenvalue weighted by molar-refractivity contribution is 0.269. The van der Waals surface area contributed by atoms with Crippen molar-refractivity contribution >= 4 is 52.7 Å². The van der Waals surface area contributed by atoms with E-state index >= 15 is 0 Å². The molecule has 6 heteroatoms. The molecule has 1 unspecified atom stereocenters. The molecule has 3 N–H and O–H groups in total. The molecule has 0 bridgehead atoms. The average molecular weight is 757 g/mol. The van der Waals surface area contributed by atoms with Gasteiger partial charge < -0.3 is 20.4 Å². The van der Waals surface area contributed by atoms with Crippen LogP contribution in [0.15, 0.2) is 109 Å². The number of hydrogen-bond acceptors (Lipinski definition) is 6. The Kier molecular flexibility index (Phi) is 12.6. The molecular weight excluding hydrogens is 713 g/mol. The first-order valence-electron chi connectivity index (χ1n) is 18.7. The second kappa shape index (κ2) is 18.3. The van der Waals surface area contributed by atoms with E-state index in [2.05, 4.69) is 174 Å². The predicted molar refractivity (Wildman–Crippen MR) is 234 cm³/mol. The zero-order chi connectivity index (χ0) is 38.0. The maximum Gasteiger partial charge on any atom is 0.0778 e. The van der Waals surface area contributed by atoms with E-state index in [0.29, 0.717) is 13.0 Å². The summed E-state index contributed by atoms with van der Waals surface area (Å²) in [4.78, 5) is 6.58. The second-order valence-electron chi connectivity index (χ2n) is 13.4. The number of anilines is 1. The minimum Gasteiger partial charge on any atom is -0.396 e. The maximum atomic E-state index is 9.31. The van der Waals surface area contributed by atoms with E-state index in [-0.39, 0.29) is 19.3 Å². The SMILES string of the molecule is CCN(CCO)c1ccc(/C=C/c2ccc(C#Cc3ccc4c(c3)Cc3cc(C#Cc5ccc(/C=C/c6ccc(C(CCO)NC)cc6)s5)ccc3-4)s2)cc1. The van der Waals surface area contributed by atoms with Crippen molar-refractivity contribution in [2.75, 3.05) is 38.3 Å². The van der Waals surface area contributed by atoms with Gasteiger partial charge in [-0.2, -0.15) is 0 Å². The number of nitrogens with one attached hydrogen (secondary N) is 1. The fraction of sp³-hybridized carbons (Fsp3) is 0.184. The molecule has 6 aromatic rings. The molecule has 274 valence electrons. The summed E-state index contributed by atoms with van der Waals surface area (Å²) in [6.45, 7) is 3.93. The van der Waals surface area contributed by atoms with Crippen LogP contribution in [0.4, 0.5) is 5.69 Å². The zero-order valence-corrected chi connectivity index (χ0v) is 32.8. The van der Waals surface area contributed by atoms with E-state index in [1.165, 1.54) is 37.6 Å². The van der Waals surface area contributed by atoms with Crippen molar-refractivity contribution in [3.8, 4) is 34.8 Å². The normalized spacial score (nSPS) is 12.2. The van der Waals surface area contributed by atoms with Crippen LogP contribution in [-0.2, 0) is 6.42 Å². The van der Waals surface area contributed by atoms with E-state index < -0.39 is 0 Å². The smallest absolute Gasteiger partial charge is 0.0778 e. The summed E-state index contributed by atoms with van der Waals surface area (Å²) in [5, 5.41) is 21.9. The van der Waals surface area contributed by atoms with Crippen molar-refractivity contribution in [2.45, 2.75) is 25.8 Å². The highest BCUT2D eigenvalue weighted by Gasteiger charge is 2.18. The Hall–Kier alpha value is -5.44. The number of hydrogen-bond donors (Lipinski definition) is 3. The molecule has 0 fully saturated rings. The summed E-state index contributed by atoms with van der Waals surface area (Å²) in [6.07, 6.45) is 10.1. The van der Waals surface area contributed by atoms with Crippen molar-refractivity contribution in [1.29, 1.82) is 0 Å². The lowest BCUT2D eigenvalue weighted by Gasteiger charge is -2.21. The number of aliphatic hydroxyl groups is 2. The molecular formula is C49H44N2O2S2. The van der Waals surface area contributed by atoms with Crippen molar-refractivity contribution in [3.05, 3.63) is 168 Å². The first-order valence-corrected chi connectivity index (χ1v) is 20.3. The third-order valence-corrected chi connectivity index (χ3v) is 11.7. The monoisotopic (exact) mass is 756 g/mol. The molecule has 0 saturated heterocycles. The number of likely N-dealkylation sites (N-methyl/N-ethyl adjacent to an activating group) is 1. The highest BCUT2D eigenvalue weighted by atomic mass is 32.1. The van der Waals surface area contributed by atoms with Gasteiger partial charge in [0.15, 0.2) is 0 Å². The molecule has 0 aliphatic heterocycles. The zero-order valence-electron chi connectivity index (χ0n) is 31.2. The van der Waals surface area contributed by atoms with Crippen LogP contribution in [0, 0.1) is 23.7 Å². The molecule has 0 saturated carbocycles. The number of rotatable bonds is 12. The van der Waals surface area contributed by atoms with E-state index in [1.54, 1.807) is 22.7 Å². The topological polar surface area (TPSA) is 55.7 Å². The van der Waals surface area contributed by atoms with Crippen LogP contribution in [0.5, 0.6) is 0 Å². The average Bonchev–Trinajstić information content (AvgIpc) is 3.97. The Balaban J connectivity index is 0.949. The Morgan fingerprint density at radius 3 is 1.69 bits per heavy atom. The summed E-state index contributed by atoms with van der Waals surface area (Å²) < 4.78 is 0. The van der Waals surface area contributed by atoms with Gasteiger partial charge in [0.25, 0.3) is 0 Å². The van der Waals surface area contributed by atoms with Gasteiger partial charge in [0.1, 0.15) is 0 Å². The summed E-state index contributed by atoms with van der Waals surface area (Å²) in [6, 6.07) is 38.7. The van der Waals surface area contributed by atoms with Crippen molar-refractivity contribution in [3.63, 3.8) is 0 Å². The molecule has 1 atom stereocenters. The second-order valence-corrected chi connectivity index (χ2v) is 15.6. The molecule has 55 heavy (non-hydrogen) atoms. The molecule has 0 radical (unpaired) electrons. The maximum absolute atomic E-state index is 9.31. The highest BCUT2D eigenvalue weighted by Crippen LogP contribution is 2.37. The van der Waals surface area contributed by atoms with E-state index in [0.717, 1.165) is 50.7 Å². The van der Waals surface area contributed by atoms with E-state index in [4.69, 9.17) is 0 Å². The standard InChI is InChI=1S/C49H44N2O2S2/c1-3-51(29-31-53)42-16-6-36(7-17-42)9-19-44-23-25-46(55-44)21-11-38-13-27-48-41(33-38)34-40-32-37(12-26-47(40)48)10-20-45-24-22-43(54-45)18-8-35-4-14-39(15-5-35)49(50-2)28-30-52/h4-9,12-19,22-27,32-33,49-50,52-53H,3,28-31,34H2,1-2H3/b18-8+,19-9+. The van der Waals surface area contributed by atoms with E-state index in [1.807, 2.05) is 7.05 Å². The molecule has 0 spiro atoms. The van der Waals surface area contributed by atoms with Gasteiger partial charge in [-0.1, -0.05) is 84.4 Å². The fourth-order valence-electron chi connectivity index (χ4n) is 6.84. The van der Waals surface area contributed by atoms with Gasteiger partial charge in [-0.15, -0.1) is 22.7 Å². The number of benzene rings is 4. The summed E-state index contributed by atoms with van der Waals surface area (Å²) in [7, 11) is 1.92. The molecule has 1 aliphatic rings. The van der Waals surface area contributed by atoms with Crippen molar-refractivity contribution in [1.82, 2.24) is 5.32 Å². The molecule has 1 aliphatic carbocycles. The number of aliphatic hydroxyl groups excluding tert-OH is 2. The third kappa shape index (κ3) is 9.63. The Labute approximate surface area is 333 Å². The number of nitrogens with zero attached hydrogens (tertiary/aromatic N) is 1. The van der Waals surface area contributed by atoms with Gasteiger partial charge in [0, 0.05) is 52.3 Å². The highest BCUT2D eigenvalue weighted by molar-refractivity contribution is 7.13. The van der Waals surface area contributed by atoms with Crippen LogP contribution in [-0.4, -0.2) is 43.6 Å². The van der Waals surface area contributed by atoms with Gasteiger partial charge in [0.05, 0.1) is 16.4 Å². The van der Waals surface area contributed by atoms with Crippen molar-refractivity contribution < 1.29 is 10.2 Å². The van der Waals surface area contributed by atoms with Gasteiger partial charge in [-0.25, -0.2) is 0 Å². The van der Waals surface area contributed by atoms with Crippen molar-refractivity contribution in [2.24, 2.45) is 0 Å². The predicted octanol–water partition coefficient (Wildman–Crippen LogP) is 9.98. The van der Waals surface area contributed by atoms with Crippen LogP contribution in [0.2, 0.25) is 0 Å². The van der Waals surface area contributed by atoms with E-state index in [9.17, 15) is 10.2 Å². The Bertz CT molecular complexity index is 2260. The molecule has 4 nitrogen and oxygen atoms in total. The lowest BCUT2D eigenvalue weighted by Crippen LogP contribution is -2.25. The minimum atomic E-state index is 0.152. The Morgan fingerprint density at radius 1 is 0.655 bits per heavy atom. The Morgan fingerprint density at radius 2 is 1.20 bits per heavy atom. The van der Waals surface area contributed by atoms with Gasteiger partial charge in [-0.05, 0) is 139 Å². The van der Waals surface area contributed by atoms with Crippen LogP contribution < -0.4 is 10.2 Å². The first-order chi connectivity index (χ1) is 27.0. The van der Waals surface area contributed by atoms with Gasteiger partial charge >= 0.3 is 0 Å². The minimum absolute atomic E-state index is 0.152. The van der Waals surface area contributed by atoms with Gasteiger partial charge in [0.2, 0.25) is 0 Å². The molecule has 0 amide bonds. The third-order valence-electron chi connectivity index (χ3n) is 9.79. The number of thiophene rings is 2. The summed E-state index contributed by atoms with van der Waals surface area (Å²) in [5.74, 6) is 13.6. The summed E-state index contributed by atoms with van der Waals surface area (Å²) >= 11 is 3.39. The molecule has 7 rings (SSSR count). The van der Waals surface area contributed by atoms with Gasteiger partial charge in [-0.3, -0.25) is 0 Å². The molecule has 4 aromatic carbocycles. The largest absolute Gasteiger partial charge is 0.396 e. The van der Waals surface area contributed by atoms with Crippen LogP contribution in [0.1, 0.15) is 77.8 Å². The van der Waals surface area contributed by atoms with Crippen LogP contribution in [0.25, 0.3) is 35.4 Å². The summed E-state index contributed by atoms with van der Waals surface area (Å²) in [5.41, 5.74) is 11.8. The molecule has 2 aromatic heterocycles. The lowest BCUT2D eigenvalue weighted by atomic mass is 10.0. The number of fused-ring (bicyclic) bond motifs is 3. The van der Waals surface area contributed by atoms with Crippen LogP contribution >= 0.6 is 22.7 Å². The molecule has 2 heterocycles.